The number of rotatable bonds is 4. The molecule has 4 nitrogen and oxygen atoms in total. The first-order chi connectivity index (χ1) is 9.99. The number of ether oxygens (including phenoxy) is 1. The van der Waals surface area contributed by atoms with E-state index >= 15 is 0 Å². The second-order valence-corrected chi connectivity index (χ2v) is 5.73. The summed E-state index contributed by atoms with van der Waals surface area (Å²) in [4.78, 5) is 13.9. The molecule has 1 aliphatic rings. The van der Waals surface area contributed by atoms with Crippen molar-refractivity contribution in [3.05, 3.63) is 34.1 Å². The molecule has 1 fully saturated rings. The number of carbonyl (C=O) groups is 1. The smallest absolute Gasteiger partial charge is 0.255 e. The zero-order valence-corrected chi connectivity index (χ0v) is 13.0. The lowest BCUT2D eigenvalue weighted by Gasteiger charge is -2.26. The number of benzene rings is 1. The molecule has 0 spiro atoms. The first-order valence-electron chi connectivity index (χ1n) is 7.01. The molecule has 1 aromatic carbocycles. The van der Waals surface area contributed by atoms with Gasteiger partial charge in [0.2, 0.25) is 0 Å². The van der Waals surface area contributed by atoms with Crippen molar-refractivity contribution in [2.75, 3.05) is 33.4 Å². The number of amides is 1. The monoisotopic (exact) mass is 314 g/mol. The van der Waals surface area contributed by atoms with Gasteiger partial charge in [-0.05, 0) is 31.0 Å². The van der Waals surface area contributed by atoms with E-state index < -0.39 is 5.82 Å². The lowest BCUT2D eigenvalue weighted by Crippen LogP contribution is -2.43. The summed E-state index contributed by atoms with van der Waals surface area (Å²) in [5.74, 6) is -0.686. The van der Waals surface area contributed by atoms with E-state index in [1.807, 2.05) is 0 Å². The van der Waals surface area contributed by atoms with Gasteiger partial charge in [-0.25, -0.2) is 4.39 Å². The van der Waals surface area contributed by atoms with Crippen LogP contribution in [0.5, 0.6) is 0 Å². The van der Waals surface area contributed by atoms with Crippen molar-refractivity contribution in [1.29, 1.82) is 0 Å². The van der Waals surface area contributed by atoms with Crippen LogP contribution in [-0.4, -0.2) is 50.2 Å². The molecule has 6 heteroatoms. The van der Waals surface area contributed by atoms with Crippen molar-refractivity contribution < 1.29 is 13.9 Å². The van der Waals surface area contributed by atoms with E-state index in [1.54, 1.807) is 18.9 Å². The average molecular weight is 315 g/mol. The fourth-order valence-corrected chi connectivity index (χ4v) is 2.57. The molecule has 116 valence electrons. The molecule has 1 amide bonds. The van der Waals surface area contributed by atoms with E-state index in [9.17, 15) is 9.18 Å². The highest BCUT2D eigenvalue weighted by molar-refractivity contribution is 6.33. The Hall–Kier alpha value is -1.17. The van der Waals surface area contributed by atoms with Crippen LogP contribution < -0.4 is 5.32 Å². The SMILES string of the molecule is Cc1cc(Cl)c(C(=O)N(C)CCC2COCCN2)cc1F. The number of hydrogen-bond donors (Lipinski definition) is 1. The predicted octanol–water partition coefficient (Wildman–Crippen LogP) is 2.24. The fraction of sp³-hybridized carbons (Fsp3) is 0.533. The van der Waals surface area contributed by atoms with Gasteiger partial charge in [0.25, 0.3) is 5.91 Å². The summed E-state index contributed by atoms with van der Waals surface area (Å²) in [5, 5.41) is 3.61. The third kappa shape index (κ3) is 4.15. The van der Waals surface area contributed by atoms with Gasteiger partial charge < -0.3 is 15.0 Å². The van der Waals surface area contributed by atoms with Gasteiger partial charge in [-0.1, -0.05) is 11.6 Å². The summed E-state index contributed by atoms with van der Waals surface area (Å²) in [6, 6.07) is 2.94. The van der Waals surface area contributed by atoms with Gasteiger partial charge in [-0.3, -0.25) is 4.79 Å². The van der Waals surface area contributed by atoms with Crippen LogP contribution in [0.15, 0.2) is 12.1 Å². The number of nitrogens with zero attached hydrogens (tertiary/aromatic N) is 1. The molecule has 1 aromatic rings. The zero-order chi connectivity index (χ0) is 15.4. The Morgan fingerprint density at radius 3 is 3.00 bits per heavy atom. The summed E-state index contributed by atoms with van der Waals surface area (Å²) in [7, 11) is 1.69. The Kier molecular flexibility index (Phi) is 5.56. The predicted molar refractivity (Wildman–Crippen MR) is 80.3 cm³/mol. The Bertz CT molecular complexity index is 519. The Labute approximate surface area is 129 Å². The Morgan fingerprint density at radius 2 is 2.33 bits per heavy atom. The minimum atomic E-state index is -0.418. The maximum Gasteiger partial charge on any atom is 0.255 e. The van der Waals surface area contributed by atoms with Crippen LogP contribution in [0.1, 0.15) is 22.3 Å². The summed E-state index contributed by atoms with van der Waals surface area (Å²) >= 11 is 6.04. The lowest BCUT2D eigenvalue weighted by molar-refractivity contribution is 0.0653. The van der Waals surface area contributed by atoms with E-state index in [0.717, 1.165) is 19.6 Å². The third-order valence-electron chi connectivity index (χ3n) is 3.64. The van der Waals surface area contributed by atoms with E-state index in [1.165, 1.54) is 12.1 Å². The maximum absolute atomic E-state index is 13.6. The molecule has 21 heavy (non-hydrogen) atoms. The molecule has 2 rings (SSSR count). The highest BCUT2D eigenvalue weighted by atomic mass is 35.5. The standard InChI is InChI=1S/C15H20ClFN2O2/c1-10-7-13(16)12(8-14(10)17)15(20)19(2)5-3-11-9-21-6-4-18-11/h7-8,11,18H,3-6,9H2,1-2H3. The minimum Gasteiger partial charge on any atom is -0.379 e. The van der Waals surface area contributed by atoms with Gasteiger partial charge >= 0.3 is 0 Å². The normalized spacial score (nSPS) is 18.6. The average Bonchev–Trinajstić information content (AvgIpc) is 2.49. The van der Waals surface area contributed by atoms with Crippen molar-refractivity contribution in [3.8, 4) is 0 Å². The zero-order valence-electron chi connectivity index (χ0n) is 12.3. The molecular formula is C15H20ClFN2O2. The first kappa shape index (κ1) is 16.2. The second-order valence-electron chi connectivity index (χ2n) is 5.32. The number of morpholine rings is 1. The van der Waals surface area contributed by atoms with Gasteiger partial charge in [0.05, 0.1) is 23.8 Å². The number of aryl methyl sites for hydroxylation is 1. The van der Waals surface area contributed by atoms with E-state index in [0.29, 0.717) is 18.7 Å². The molecule has 1 aliphatic heterocycles. The molecule has 1 atom stereocenters. The van der Waals surface area contributed by atoms with Crippen molar-refractivity contribution in [3.63, 3.8) is 0 Å². The Balaban J connectivity index is 1.97. The number of carbonyl (C=O) groups excluding carboxylic acids is 1. The summed E-state index contributed by atoms with van der Waals surface area (Å²) in [6.07, 6.45) is 0.786. The quantitative estimate of drug-likeness (QED) is 0.926. The second kappa shape index (κ2) is 7.20. The fourth-order valence-electron chi connectivity index (χ4n) is 2.27. The summed E-state index contributed by atoms with van der Waals surface area (Å²) in [5.41, 5.74) is 0.637. The Morgan fingerprint density at radius 1 is 1.57 bits per heavy atom. The molecule has 0 radical (unpaired) electrons. The van der Waals surface area contributed by atoms with Crippen LogP contribution in [0.25, 0.3) is 0 Å². The first-order valence-corrected chi connectivity index (χ1v) is 7.39. The van der Waals surface area contributed by atoms with Crippen molar-refractivity contribution in [1.82, 2.24) is 10.2 Å². The van der Waals surface area contributed by atoms with Crippen LogP contribution in [0.4, 0.5) is 4.39 Å². The van der Waals surface area contributed by atoms with Gasteiger partial charge in [0.1, 0.15) is 5.82 Å². The van der Waals surface area contributed by atoms with Crippen molar-refractivity contribution in [2.24, 2.45) is 0 Å². The van der Waals surface area contributed by atoms with Crippen LogP contribution in [-0.2, 0) is 4.74 Å². The number of nitrogens with one attached hydrogen (secondary N) is 1. The number of hydrogen-bond acceptors (Lipinski definition) is 3. The van der Waals surface area contributed by atoms with E-state index in [2.05, 4.69) is 5.32 Å². The van der Waals surface area contributed by atoms with Crippen LogP contribution >= 0.6 is 11.6 Å². The topological polar surface area (TPSA) is 41.6 Å². The molecule has 0 aromatic heterocycles. The van der Waals surface area contributed by atoms with Gasteiger partial charge in [0, 0.05) is 26.2 Å². The molecule has 0 bridgehead atoms. The molecule has 1 heterocycles. The van der Waals surface area contributed by atoms with Crippen LogP contribution in [0.2, 0.25) is 5.02 Å². The molecule has 0 aliphatic carbocycles. The summed E-state index contributed by atoms with van der Waals surface area (Å²) in [6.45, 7) is 4.39. The molecule has 1 saturated heterocycles. The lowest BCUT2D eigenvalue weighted by atomic mass is 10.1. The largest absolute Gasteiger partial charge is 0.379 e. The van der Waals surface area contributed by atoms with Gasteiger partial charge in [-0.15, -0.1) is 0 Å². The highest BCUT2D eigenvalue weighted by Gasteiger charge is 2.19. The van der Waals surface area contributed by atoms with Crippen LogP contribution in [0.3, 0.4) is 0 Å². The van der Waals surface area contributed by atoms with Crippen molar-refractivity contribution >= 4 is 17.5 Å². The van der Waals surface area contributed by atoms with Crippen LogP contribution in [0, 0.1) is 12.7 Å². The van der Waals surface area contributed by atoms with Crippen molar-refractivity contribution in [2.45, 2.75) is 19.4 Å². The summed E-state index contributed by atoms with van der Waals surface area (Å²) < 4.78 is 19.0. The molecule has 1 N–H and O–H groups in total. The van der Waals surface area contributed by atoms with Gasteiger partial charge in [-0.2, -0.15) is 0 Å². The maximum atomic E-state index is 13.6. The molecule has 1 unspecified atom stereocenters. The third-order valence-corrected chi connectivity index (χ3v) is 3.95. The number of halogens is 2. The van der Waals surface area contributed by atoms with E-state index in [4.69, 9.17) is 16.3 Å². The highest BCUT2D eigenvalue weighted by Crippen LogP contribution is 2.21. The van der Waals surface area contributed by atoms with E-state index in [-0.39, 0.29) is 22.5 Å². The van der Waals surface area contributed by atoms with Gasteiger partial charge in [0.15, 0.2) is 0 Å². The minimum absolute atomic E-state index is 0.204. The molecule has 0 saturated carbocycles. The molecular weight excluding hydrogens is 295 g/mol.